The fourth-order valence-electron chi connectivity index (χ4n) is 6.06. The lowest BCUT2D eigenvalue weighted by Crippen LogP contribution is -2.40. The van der Waals surface area contributed by atoms with Crippen molar-refractivity contribution in [1.29, 1.82) is 0 Å². The number of halogens is 3. The van der Waals surface area contributed by atoms with Crippen molar-refractivity contribution in [2.24, 2.45) is 0 Å². The summed E-state index contributed by atoms with van der Waals surface area (Å²) >= 11 is 0. The van der Waals surface area contributed by atoms with E-state index in [0.29, 0.717) is 29.0 Å². The molecule has 2 aromatic carbocycles. The minimum Gasteiger partial charge on any atom is -0.495 e. The van der Waals surface area contributed by atoms with Crippen LogP contribution >= 0.6 is 0 Å². The summed E-state index contributed by atoms with van der Waals surface area (Å²) in [4.78, 5) is 4.39. The van der Waals surface area contributed by atoms with E-state index in [1.165, 1.54) is 35.9 Å². The van der Waals surface area contributed by atoms with Crippen molar-refractivity contribution in [3.05, 3.63) is 60.0 Å². The quantitative estimate of drug-likeness (QED) is 0.196. The van der Waals surface area contributed by atoms with Crippen molar-refractivity contribution in [3.63, 3.8) is 0 Å². The first-order valence-corrected chi connectivity index (χ1v) is 16.7. The Kier molecular flexibility index (Phi) is 9.97. The van der Waals surface area contributed by atoms with Crippen LogP contribution in [-0.4, -0.2) is 76.1 Å². The molecule has 2 N–H and O–H groups in total. The fraction of sp³-hybridized carbons (Fsp3) is 0.424. The van der Waals surface area contributed by atoms with E-state index in [4.69, 9.17) is 9.26 Å². The molecule has 1 fully saturated rings. The third kappa shape index (κ3) is 7.97. The second kappa shape index (κ2) is 13.8. The van der Waals surface area contributed by atoms with Gasteiger partial charge in [0, 0.05) is 42.3 Å². The van der Waals surface area contributed by atoms with E-state index in [1.807, 2.05) is 13.1 Å². The molecular formula is C33H39F3N6O4S. The number of benzene rings is 2. The molecule has 14 heteroatoms. The first-order valence-electron chi connectivity index (χ1n) is 15.2. The zero-order chi connectivity index (χ0) is 33.9. The molecule has 0 unspecified atom stereocenters. The highest BCUT2D eigenvalue weighted by Gasteiger charge is 2.31. The van der Waals surface area contributed by atoms with Crippen LogP contribution in [0, 0.1) is 18.8 Å². The summed E-state index contributed by atoms with van der Waals surface area (Å²) in [6.45, 7) is 0.538. The number of alkyl halides is 3. The molecule has 2 heterocycles. The summed E-state index contributed by atoms with van der Waals surface area (Å²) in [5.41, 5.74) is 2.06. The number of nitrogens with one attached hydrogen (secondary N) is 2. The number of hydrogen-bond acceptors (Lipinski definition) is 8. The second-order valence-corrected chi connectivity index (χ2v) is 13.6. The summed E-state index contributed by atoms with van der Waals surface area (Å²) in [5.74, 6) is 6.59. The Morgan fingerprint density at radius 3 is 2.43 bits per heavy atom. The van der Waals surface area contributed by atoms with Gasteiger partial charge in [-0.15, -0.1) is 0 Å². The van der Waals surface area contributed by atoms with Gasteiger partial charge in [-0.25, -0.2) is 8.42 Å². The minimum absolute atomic E-state index is 0.0489. The maximum Gasteiger partial charge on any atom is 0.406 e. The number of sulfonamides is 1. The zero-order valence-corrected chi connectivity index (χ0v) is 27.8. The van der Waals surface area contributed by atoms with Crippen LogP contribution in [0.2, 0.25) is 0 Å². The molecule has 4 aromatic rings. The van der Waals surface area contributed by atoms with Gasteiger partial charge in [0.1, 0.15) is 18.1 Å². The maximum atomic E-state index is 13.7. The van der Waals surface area contributed by atoms with Crippen LogP contribution in [-0.2, 0) is 16.6 Å². The molecule has 0 spiro atoms. The monoisotopic (exact) mass is 672 g/mol. The highest BCUT2D eigenvalue weighted by Crippen LogP contribution is 2.35. The zero-order valence-electron chi connectivity index (χ0n) is 27.0. The highest BCUT2D eigenvalue weighted by molar-refractivity contribution is 7.92. The van der Waals surface area contributed by atoms with Crippen LogP contribution in [0.1, 0.15) is 37.1 Å². The number of methoxy groups -OCH3 is 1. The van der Waals surface area contributed by atoms with Gasteiger partial charge in [0.2, 0.25) is 0 Å². The summed E-state index contributed by atoms with van der Waals surface area (Å²) in [5, 5.41) is 7.44. The predicted molar refractivity (Wildman–Crippen MR) is 177 cm³/mol. The summed E-state index contributed by atoms with van der Waals surface area (Å²) < 4.78 is 80.8. The Hall–Kier alpha value is -4.35. The lowest BCUT2D eigenvalue weighted by molar-refractivity contribution is -0.140. The van der Waals surface area contributed by atoms with Gasteiger partial charge < -0.3 is 28.9 Å². The van der Waals surface area contributed by atoms with Crippen LogP contribution in [0.25, 0.3) is 10.9 Å². The standard InChI is InChI=1S/C33H39F3N6O4S/c1-22-18-32(38-46-22)39-47(43,44)26-15-16-28(31(20-26)45-5)37-17-7-8-25-19-27-29(9-6-10-30(27)42(25)21-33(34,35)36)41(4)24-13-11-23(12-14-24)40(2)3/h6,9-10,15-16,18-20,23-24,37H,11-14,17,21H2,1-5H3,(H,38,39). The summed E-state index contributed by atoms with van der Waals surface area (Å²) in [6.07, 6.45) is -0.292. The molecule has 10 nitrogen and oxygen atoms in total. The number of fused-ring (bicyclic) bond motifs is 1. The molecular weight excluding hydrogens is 633 g/mol. The smallest absolute Gasteiger partial charge is 0.406 e. The molecule has 252 valence electrons. The van der Waals surface area contributed by atoms with Gasteiger partial charge in [-0.1, -0.05) is 17.1 Å². The number of aryl methyl sites for hydroxylation is 1. The molecule has 0 aliphatic heterocycles. The molecule has 0 radical (unpaired) electrons. The van der Waals surface area contributed by atoms with Gasteiger partial charge in [-0.3, -0.25) is 4.72 Å². The third-order valence-corrected chi connectivity index (χ3v) is 9.87. The maximum absolute atomic E-state index is 13.7. The number of rotatable bonds is 10. The molecule has 0 atom stereocenters. The topological polar surface area (TPSA) is 105 Å². The van der Waals surface area contributed by atoms with Crippen LogP contribution in [0.5, 0.6) is 5.75 Å². The molecule has 1 aliphatic carbocycles. The molecule has 0 saturated heterocycles. The average Bonchev–Trinajstić information content (AvgIpc) is 3.59. The number of hydrogen-bond donors (Lipinski definition) is 2. The van der Waals surface area contributed by atoms with Crippen LogP contribution < -0.4 is 19.7 Å². The van der Waals surface area contributed by atoms with Crippen molar-refractivity contribution in [2.45, 2.75) is 62.3 Å². The van der Waals surface area contributed by atoms with Crippen molar-refractivity contribution >= 4 is 38.1 Å². The van der Waals surface area contributed by atoms with Crippen molar-refractivity contribution in [3.8, 4) is 17.6 Å². The first kappa shape index (κ1) is 34.0. The third-order valence-electron chi connectivity index (χ3n) is 8.52. The minimum atomic E-state index is -4.44. The Balaban J connectivity index is 1.36. The lowest BCUT2D eigenvalue weighted by Gasteiger charge is -2.38. The van der Waals surface area contributed by atoms with E-state index in [1.54, 1.807) is 25.1 Å². The molecule has 2 aromatic heterocycles. The number of anilines is 3. The van der Waals surface area contributed by atoms with Crippen molar-refractivity contribution in [1.82, 2.24) is 14.6 Å². The second-order valence-electron chi connectivity index (χ2n) is 11.9. The van der Waals surface area contributed by atoms with Gasteiger partial charge in [0.15, 0.2) is 5.82 Å². The van der Waals surface area contributed by atoms with Crippen molar-refractivity contribution < 1.29 is 30.8 Å². The molecule has 1 saturated carbocycles. The van der Waals surface area contributed by atoms with Gasteiger partial charge in [-0.05, 0) is 83.0 Å². The molecule has 1 aliphatic rings. The Morgan fingerprint density at radius 2 is 1.79 bits per heavy atom. The Bertz CT molecular complexity index is 1880. The molecule has 47 heavy (non-hydrogen) atoms. The number of nitrogens with zero attached hydrogens (tertiary/aromatic N) is 4. The molecule has 5 rings (SSSR count). The SMILES string of the molecule is COc1cc(S(=O)(=O)Nc2cc(C)on2)ccc1NCC#Cc1cc2c(N(C)C3CCC(N(C)C)CC3)cccc2n1CC(F)(F)F. The van der Waals surface area contributed by atoms with E-state index in [2.05, 4.69) is 50.9 Å². The van der Waals surface area contributed by atoms with E-state index >= 15 is 0 Å². The lowest BCUT2D eigenvalue weighted by atomic mass is 9.89. The number of ether oxygens (including phenoxy) is 1. The van der Waals surface area contributed by atoms with Gasteiger partial charge in [0.05, 0.1) is 35.4 Å². The average molecular weight is 673 g/mol. The Labute approximate surface area is 272 Å². The number of aromatic nitrogens is 2. The van der Waals surface area contributed by atoms with Crippen LogP contribution in [0.4, 0.5) is 30.4 Å². The van der Waals surface area contributed by atoms with Crippen LogP contribution in [0.3, 0.4) is 0 Å². The largest absolute Gasteiger partial charge is 0.495 e. The Morgan fingerprint density at radius 1 is 1.06 bits per heavy atom. The predicted octanol–water partition coefficient (Wildman–Crippen LogP) is 6.08. The van der Waals surface area contributed by atoms with Crippen LogP contribution in [0.15, 0.2) is 57.9 Å². The summed E-state index contributed by atoms with van der Waals surface area (Å²) in [6, 6.07) is 13.7. The normalized spacial score (nSPS) is 17.0. The van der Waals surface area contributed by atoms with E-state index in [0.717, 1.165) is 36.8 Å². The van der Waals surface area contributed by atoms with Gasteiger partial charge in [0.25, 0.3) is 10.0 Å². The molecule has 0 amide bonds. The van der Waals surface area contributed by atoms with Gasteiger partial charge >= 0.3 is 6.18 Å². The highest BCUT2D eigenvalue weighted by atomic mass is 32.2. The fourth-order valence-corrected chi connectivity index (χ4v) is 7.06. The summed E-state index contributed by atoms with van der Waals surface area (Å²) in [7, 11) is 3.63. The molecule has 0 bridgehead atoms. The van der Waals surface area contributed by atoms with Gasteiger partial charge in [-0.2, -0.15) is 13.2 Å². The van der Waals surface area contributed by atoms with E-state index < -0.39 is 22.7 Å². The van der Waals surface area contributed by atoms with Crippen molar-refractivity contribution in [2.75, 3.05) is 49.7 Å². The van der Waals surface area contributed by atoms with E-state index in [9.17, 15) is 21.6 Å². The van der Waals surface area contributed by atoms with E-state index in [-0.39, 0.29) is 28.7 Å². The first-order chi connectivity index (χ1) is 22.3.